The first-order valence-corrected chi connectivity index (χ1v) is 4.06. The van der Waals surface area contributed by atoms with Gasteiger partial charge in [-0.2, -0.15) is 13.2 Å². The second-order valence-electron chi connectivity index (χ2n) is 2.64. The Kier molecular flexibility index (Phi) is 3.15. The number of nitrogens with zero attached hydrogens (tertiary/aromatic N) is 2. The number of alkyl halides is 3. The largest absolute Gasteiger partial charge is 0.405 e. The van der Waals surface area contributed by atoms with Gasteiger partial charge in [0.05, 0.1) is 0 Å². The summed E-state index contributed by atoms with van der Waals surface area (Å²) in [6, 6.07) is 0. The van der Waals surface area contributed by atoms with Gasteiger partial charge < -0.3 is 5.32 Å². The van der Waals surface area contributed by atoms with Crippen molar-refractivity contribution < 1.29 is 13.2 Å². The molecule has 0 saturated carbocycles. The maximum Gasteiger partial charge on any atom is 0.405 e. The van der Waals surface area contributed by atoms with Crippen LogP contribution in [-0.2, 0) is 0 Å². The molecule has 0 aliphatic rings. The molecule has 1 N–H and O–H groups in total. The van der Waals surface area contributed by atoms with Gasteiger partial charge in [-0.3, -0.25) is 0 Å². The van der Waals surface area contributed by atoms with E-state index in [0.717, 1.165) is 0 Å². The first-order chi connectivity index (χ1) is 6.38. The Labute approximate surface area is 83.3 Å². The van der Waals surface area contributed by atoms with Gasteiger partial charge in [0.1, 0.15) is 12.4 Å². The molecule has 0 aromatic carbocycles. The normalized spacial score (nSPS) is 11.5. The molecule has 7 heteroatoms. The van der Waals surface area contributed by atoms with Gasteiger partial charge in [-0.1, -0.05) is 0 Å². The van der Waals surface area contributed by atoms with Crippen LogP contribution in [0.4, 0.5) is 19.0 Å². The van der Waals surface area contributed by atoms with Crippen LogP contribution in [0, 0.1) is 6.92 Å². The Hall–Kier alpha value is -1.04. The molecule has 0 saturated heterocycles. The van der Waals surface area contributed by atoms with Crippen molar-refractivity contribution in [2.75, 3.05) is 11.9 Å². The van der Waals surface area contributed by atoms with Crippen molar-refractivity contribution in [1.29, 1.82) is 0 Å². The zero-order valence-corrected chi connectivity index (χ0v) is 7.95. The fourth-order valence-electron chi connectivity index (χ4n) is 0.783. The zero-order chi connectivity index (χ0) is 10.8. The second-order valence-corrected chi connectivity index (χ2v) is 2.98. The van der Waals surface area contributed by atoms with E-state index in [9.17, 15) is 13.2 Å². The molecule has 3 nitrogen and oxygen atoms in total. The van der Waals surface area contributed by atoms with Gasteiger partial charge in [-0.25, -0.2) is 9.97 Å². The van der Waals surface area contributed by atoms with Crippen molar-refractivity contribution in [3.8, 4) is 0 Å². The average molecular weight is 226 g/mol. The Balaban J connectivity index is 2.72. The summed E-state index contributed by atoms with van der Waals surface area (Å²) in [4.78, 5) is 7.24. The average Bonchev–Trinajstić information content (AvgIpc) is 2.05. The van der Waals surface area contributed by atoms with Crippen LogP contribution in [0.2, 0.25) is 5.28 Å². The summed E-state index contributed by atoms with van der Waals surface area (Å²) in [5.74, 6) is 0.0994. The van der Waals surface area contributed by atoms with E-state index in [1.165, 1.54) is 6.20 Å². The standard InChI is InChI=1S/C7H7ClF3N3/c1-4-2-12-6(8)14-5(4)13-3-7(9,10)11/h2H,3H2,1H3,(H,12,13,14). The zero-order valence-electron chi connectivity index (χ0n) is 7.19. The monoisotopic (exact) mass is 225 g/mol. The van der Waals surface area contributed by atoms with E-state index in [-0.39, 0.29) is 11.1 Å². The highest BCUT2D eigenvalue weighted by molar-refractivity contribution is 6.28. The molecule has 0 spiro atoms. The lowest BCUT2D eigenvalue weighted by atomic mass is 10.3. The van der Waals surface area contributed by atoms with Gasteiger partial charge >= 0.3 is 6.18 Å². The molecule has 0 aliphatic heterocycles. The summed E-state index contributed by atoms with van der Waals surface area (Å²) in [6.45, 7) is 0.455. The Morgan fingerprint density at radius 1 is 1.50 bits per heavy atom. The number of aromatic nitrogens is 2. The maximum atomic E-state index is 11.8. The van der Waals surface area contributed by atoms with E-state index in [1.54, 1.807) is 6.92 Å². The predicted octanol–water partition coefficient (Wildman–Crippen LogP) is 2.41. The molecule has 1 aromatic rings. The minimum absolute atomic E-state index is 0.0831. The number of hydrogen-bond donors (Lipinski definition) is 1. The van der Waals surface area contributed by atoms with Crippen molar-refractivity contribution in [2.24, 2.45) is 0 Å². The van der Waals surface area contributed by atoms with E-state index >= 15 is 0 Å². The van der Waals surface area contributed by atoms with Gasteiger partial charge in [-0.05, 0) is 18.5 Å². The Bertz CT molecular complexity index is 326. The van der Waals surface area contributed by atoms with Gasteiger partial charge in [0.15, 0.2) is 0 Å². The van der Waals surface area contributed by atoms with Crippen LogP contribution in [0.1, 0.15) is 5.56 Å². The maximum absolute atomic E-state index is 11.8. The molecule has 0 unspecified atom stereocenters. The summed E-state index contributed by atoms with van der Waals surface area (Å²) in [5, 5.41) is 2.05. The quantitative estimate of drug-likeness (QED) is 0.786. The minimum atomic E-state index is -4.27. The molecule has 0 amide bonds. The fraction of sp³-hybridized carbons (Fsp3) is 0.429. The van der Waals surface area contributed by atoms with Gasteiger partial charge in [0.25, 0.3) is 0 Å². The van der Waals surface area contributed by atoms with Crippen molar-refractivity contribution in [3.63, 3.8) is 0 Å². The first-order valence-electron chi connectivity index (χ1n) is 3.68. The van der Waals surface area contributed by atoms with E-state index in [4.69, 9.17) is 11.6 Å². The number of halogens is 4. The van der Waals surface area contributed by atoms with Crippen molar-refractivity contribution in [1.82, 2.24) is 9.97 Å². The molecule has 0 radical (unpaired) electrons. The first kappa shape index (κ1) is 11.0. The highest BCUT2D eigenvalue weighted by atomic mass is 35.5. The van der Waals surface area contributed by atoms with E-state index in [2.05, 4.69) is 15.3 Å². The van der Waals surface area contributed by atoms with Gasteiger partial charge in [0.2, 0.25) is 5.28 Å². The van der Waals surface area contributed by atoms with Crippen LogP contribution in [-0.4, -0.2) is 22.7 Å². The third-order valence-electron chi connectivity index (χ3n) is 1.40. The van der Waals surface area contributed by atoms with Crippen molar-refractivity contribution >= 4 is 17.4 Å². The summed E-state index contributed by atoms with van der Waals surface area (Å²) >= 11 is 5.42. The molecule has 0 aliphatic carbocycles. The van der Waals surface area contributed by atoms with Crippen LogP contribution in [0.25, 0.3) is 0 Å². The molecule has 14 heavy (non-hydrogen) atoms. The molecule has 1 aromatic heterocycles. The lowest BCUT2D eigenvalue weighted by Crippen LogP contribution is -2.22. The summed E-state index contributed by atoms with van der Waals surface area (Å²) < 4.78 is 35.5. The summed E-state index contributed by atoms with van der Waals surface area (Å²) in [7, 11) is 0. The van der Waals surface area contributed by atoms with E-state index in [1.807, 2.05) is 0 Å². The van der Waals surface area contributed by atoms with Crippen molar-refractivity contribution in [2.45, 2.75) is 13.1 Å². The number of aryl methyl sites for hydroxylation is 1. The number of nitrogens with one attached hydrogen (secondary N) is 1. The number of rotatable bonds is 2. The second kappa shape index (κ2) is 4.00. The summed E-state index contributed by atoms with van der Waals surface area (Å²) in [5.41, 5.74) is 0.513. The summed E-state index contributed by atoms with van der Waals surface area (Å²) in [6.07, 6.45) is -2.92. The van der Waals surface area contributed by atoms with E-state index < -0.39 is 12.7 Å². The SMILES string of the molecule is Cc1cnc(Cl)nc1NCC(F)(F)F. The molecule has 1 heterocycles. The molecular formula is C7H7ClF3N3. The lowest BCUT2D eigenvalue weighted by Gasteiger charge is -2.10. The molecule has 0 atom stereocenters. The fourth-order valence-corrected chi connectivity index (χ4v) is 0.917. The third kappa shape index (κ3) is 3.37. The Morgan fingerprint density at radius 2 is 2.14 bits per heavy atom. The van der Waals surface area contributed by atoms with Crippen LogP contribution in [0.5, 0.6) is 0 Å². The molecule has 0 fully saturated rings. The molecular weight excluding hydrogens is 219 g/mol. The molecule has 0 bridgehead atoms. The van der Waals surface area contributed by atoms with Crippen molar-refractivity contribution in [3.05, 3.63) is 17.0 Å². The van der Waals surface area contributed by atoms with Crippen LogP contribution < -0.4 is 5.32 Å². The third-order valence-corrected chi connectivity index (χ3v) is 1.58. The number of anilines is 1. The minimum Gasteiger partial charge on any atom is -0.361 e. The van der Waals surface area contributed by atoms with Gasteiger partial charge in [-0.15, -0.1) is 0 Å². The Morgan fingerprint density at radius 3 is 2.71 bits per heavy atom. The smallest absolute Gasteiger partial charge is 0.361 e. The predicted molar refractivity (Wildman–Crippen MR) is 46.3 cm³/mol. The van der Waals surface area contributed by atoms with Crippen LogP contribution in [0.3, 0.4) is 0 Å². The molecule has 1 rings (SSSR count). The number of hydrogen-bond acceptors (Lipinski definition) is 3. The van der Waals surface area contributed by atoms with E-state index in [0.29, 0.717) is 5.56 Å². The molecule has 78 valence electrons. The van der Waals surface area contributed by atoms with Crippen LogP contribution in [0.15, 0.2) is 6.20 Å². The lowest BCUT2D eigenvalue weighted by molar-refractivity contribution is -0.115. The van der Waals surface area contributed by atoms with Crippen LogP contribution >= 0.6 is 11.6 Å². The van der Waals surface area contributed by atoms with Gasteiger partial charge in [0, 0.05) is 11.8 Å². The highest BCUT2D eigenvalue weighted by Crippen LogP contribution is 2.18. The topological polar surface area (TPSA) is 37.8 Å². The highest BCUT2D eigenvalue weighted by Gasteiger charge is 2.27.